The first kappa shape index (κ1) is 14.6. The lowest BCUT2D eigenvalue weighted by molar-refractivity contribution is 0.328. The highest BCUT2D eigenvalue weighted by molar-refractivity contribution is 7.89. The fourth-order valence-corrected chi connectivity index (χ4v) is 3.43. The van der Waals surface area contributed by atoms with E-state index in [1.165, 1.54) is 25.3 Å². The topological polar surface area (TPSA) is 85.3 Å². The molecule has 5 nitrogen and oxygen atoms in total. The highest BCUT2D eigenvalue weighted by atomic mass is 32.2. The van der Waals surface area contributed by atoms with E-state index in [0.29, 0.717) is 24.3 Å². The van der Waals surface area contributed by atoms with Gasteiger partial charge in [-0.2, -0.15) is 0 Å². The minimum Gasteiger partial charge on any atom is -0.447 e. The predicted molar refractivity (Wildman–Crippen MR) is 72.9 cm³/mol. The smallest absolute Gasteiger partial charge is 0.271 e. The van der Waals surface area contributed by atoms with Gasteiger partial charge in [-0.05, 0) is 36.8 Å². The lowest BCUT2D eigenvalue weighted by Gasteiger charge is -2.20. The van der Waals surface area contributed by atoms with Crippen LogP contribution in [0.2, 0.25) is 0 Å². The van der Waals surface area contributed by atoms with Crippen molar-refractivity contribution in [3.8, 4) is 0 Å². The van der Waals surface area contributed by atoms with Crippen molar-refractivity contribution < 1.29 is 12.8 Å². The zero-order chi connectivity index (χ0) is 14.0. The molecule has 3 atom stereocenters. The van der Waals surface area contributed by atoms with Crippen LogP contribution < -0.4 is 10.5 Å². The maximum Gasteiger partial charge on any atom is 0.271 e. The van der Waals surface area contributed by atoms with Crippen LogP contribution in [0.25, 0.3) is 0 Å². The fourth-order valence-electron chi connectivity index (χ4n) is 2.95. The van der Waals surface area contributed by atoms with Crippen LogP contribution in [-0.2, 0) is 16.6 Å². The SMILES string of the molecule is CCC1CCC(NCc2ccc(S(N)(=O)=O)o2)C1C. The van der Waals surface area contributed by atoms with Crippen LogP contribution in [0.3, 0.4) is 0 Å². The first-order valence-electron chi connectivity index (χ1n) is 6.76. The maximum absolute atomic E-state index is 11.1. The summed E-state index contributed by atoms with van der Waals surface area (Å²) in [4.78, 5) is 0. The Kier molecular flexibility index (Phi) is 4.32. The summed E-state index contributed by atoms with van der Waals surface area (Å²) in [6, 6.07) is 3.54. The van der Waals surface area contributed by atoms with E-state index < -0.39 is 10.0 Å². The summed E-state index contributed by atoms with van der Waals surface area (Å²) in [5.74, 6) is 2.04. The highest BCUT2D eigenvalue weighted by Crippen LogP contribution is 2.34. The Morgan fingerprint density at radius 3 is 2.68 bits per heavy atom. The minimum absolute atomic E-state index is 0.171. The second-order valence-electron chi connectivity index (χ2n) is 5.36. The highest BCUT2D eigenvalue weighted by Gasteiger charge is 2.31. The third-order valence-electron chi connectivity index (χ3n) is 4.21. The van der Waals surface area contributed by atoms with E-state index in [2.05, 4.69) is 19.2 Å². The Balaban J connectivity index is 1.91. The molecule has 1 aromatic heterocycles. The van der Waals surface area contributed by atoms with Gasteiger partial charge in [0.2, 0.25) is 5.09 Å². The minimum atomic E-state index is -3.74. The van der Waals surface area contributed by atoms with Gasteiger partial charge in [0, 0.05) is 6.04 Å². The van der Waals surface area contributed by atoms with Crippen molar-refractivity contribution >= 4 is 10.0 Å². The molecule has 1 saturated carbocycles. The standard InChI is InChI=1S/C13H22N2O3S/c1-3-10-4-6-12(9(10)2)15-8-11-5-7-13(18-11)19(14,16)17/h5,7,9-10,12,15H,3-4,6,8H2,1-2H3,(H2,14,16,17). The van der Waals surface area contributed by atoms with Crippen molar-refractivity contribution in [3.63, 3.8) is 0 Å². The normalized spacial score (nSPS) is 27.8. The van der Waals surface area contributed by atoms with Crippen LogP contribution in [-0.4, -0.2) is 14.5 Å². The second-order valence-corrected chi connectivity index (χ2v) is 6.85. The zero-order valence-electron chi connectivity index (χ0n) is 11.4. The van der Waals surface area contributed by atoms with Gasteiger partial charge in [-0.15, -0.1) is 0 Å². The summed E-state index contributed by atoms with van der Waals surface area (Å²) in [5.41, 5.74) is 0. The summed E-state index contributed by atoms with van der Waals surface area (Å²) in [6.45, 7) is 5.05. The van der Waals surface area contributed by atoms with E-state index in [9.17, 15) is 8.42 Å². The van der Waals surface area contributed by atoms with E-state index in [4.69, 9.17) is 9.56 Å². The van der Waals surface area contributed by atoms with Crippen LogP contribution in [0, 0.1) is 11.8 Å². The van der Waals surface area contributed by atoms with Crippen molar-refractivity contribution in [2.24, 2.45) is 17.0 Å². The number of hydrogen-bond donors (Lipinski definition) is 2. The number of sulfonamides is 1. The van der Waals surface area contributed by atoms with Crippen molar-refractivity contribution in [2.45, 2.75) is 50.8 Å². The lowest BCUT2D eigenvalue weighted by Crippen LogP contribution is -2.32. The van der Waals surface area contributed by atoms with Crippen molar-refractivity contribution in [1.29, 1.82) is 0 Å². The van der Waals surface area contributed by atoms with Crippen LogP contribution >= 0.6 is 0 Å². The van der Waals surface area contributed by atoms with Gasteiger partial charge < -0.3 is 9.73 Å². The monoisotopic (exact) mass is 286 g/mol. The van der Waals surface area contributed by atoms with E-state index in [1.807, 2.05) is 0 Å². The van der Waals surface area contributed by atoms with Gasteiger partial charge in [0.15, 0.2) is 0 Å². The molecule has 108 valence electrons. The van der Waals surface area contributed by atoms with E-state index >= 15 is 0 Å². The molecule has 1 aromatic rings. The largest absolute Gasteiger partial charge is 0.447 e. The number of hydrogen-bond acceptors (Lipinski definition) is 4. The summed E-state index contributed by atoms with van der Waals surface area (Å²) in [6.07, 6.45) is 3.65. The molecule has 6 heteroatoms. The van der Waals surface area contributed by atoms with Gasteiger partial charge in [0.05, 0.1) is 6.54 Å². The molecule has 0 aromatic carbocycles. The zero-order valence-corrected chi connectivity index (χ0v) is 12.2. The third-order valence-corrected chi connectivity index (χ3v) is 4.99. The molecule has 3 N–H and O–H groups in total. The molecular weight excluding hydrogens is 264 g/mol. The number of nitrogens with two attached hydrogens (primary N) is 1. The summed E-state index contributed by atoms with van der Waals surface area (Å²) >= 11 is 0. The van der Waals surface area contributed by atoms with Gasteiger partial charge >= 0.3 is 0 Å². The van der Waals surface area contributed by atoms with Gasteiger partial charge in [-0.25, -0.2) is 13.6 Å². The fraction of sp³-hybridized carbons (Fsp3) is 0.692. The van der Waals surface area contributed by atoms with E-state index in [0.717, 1.165) is 5.92 Å². The first-order valence-corrected chi connectivity index (χ1v) is 8.31. The molecule has 0 aliphatic heterocycles. The van der Waals surface area contributed by atoms with Gasteiger partial charge in [0.1, 0.15) is 5.76 Å². The van der Waals surface area contributed by atoms with E-state index in [-0.39, 0.29) is 5.09 Å². The Hall–Kier alpha value is -0.850. The molecule has 3 unspecified atom stereocenters. The van der Waals surface area contributed by atoms with E-state index in [1.54, 1.807) is 6.07 Å². The van der Waals surface area contributed by atoms with Gasteiger partial charge in [0.25, 0.3) is 10.0 Å². The van der Waals surface area contributed by atoms with Crippen LogP contribution in [0.4, 0.5) is 0 Å². The molecule has 1 aliphatic rings. The Bertz CT molecular complexity index is 524. The number of nitrogens with one attached hydrogen (secondary N) is 1. The first-order chi connectivity index (χ1) is 8.91. The number of primary sulfonamides is 1. The summed E-state index contributed by atoms with van der Waals surface area (Å²) in [5, 5.41) is 8.28. The van der Waals surface area contributed by atoms with Crippen LogP contribution in [0.15, 0.2) is 21.6 Å². The molecule has 1 heterocycles. The Labute approximate surface area is 114 Å². The predicted octanol–water partition coefficient (Wildman–Crippen LogP) is 1.84. The van der Waals surface area contributed by atoms with Crippen molar-refractivity contribution in [2.75, 3.05) is 0 Å². The second kappa shape index (κ2) is 5.64. The molecule has 19 heavy (non-hydrogen) atoms. The summed E-state index contributed by atoms with van der Waals surface area (Å²) in [7, 11) is -3.74. The molecule has 0 radical (unpaired) electrons. The number of furan rings is 1. The third kappa shape index (κ3) is 3.38. The van der Waals surface area contributed by atoms with Crippen LogP contribution in [0.1, 0.15) is 38.9 Å². The summed E-state index contributed by atoms with van der Waals surface area (Å²) < 4.78 is 27.4. The molecule has 2 rings (SSSR count). The molecular formula is C13H22N2O3S. The number of rotatable bonds is 5. The van der Waals surface area contributed by atoms with Gasteiger partial charge in [-0.3, -0.25) is 0 Å². The van der Waals surface area contributed by atoms with Crippen molar-refractivity contribution in [1.82, 2.24) is 5.32 Å². The molecule has 0 spiro atoms. The quantitative estimate of drug-likeness (QED) is 0.865. The Morgan fingerprint density at radius 1 is 1.42 bits per heavy atom. The average Bonchev–Trinajstić information content (AvgIpc) is 2.93. The molecule has 1 aliphatic carbocycles. The van der Waals surface area contributed by atoms with Crippen LogP contribution in [0.5, 0.6) is 0 Å². The molecule has 0 amide bonds. The lowest BCUT2D eigenvalue weighted by atomic mass is 9.93. The molecule has 0 bridgehead atoms. The van der Waals surface area contributed by atoms with Crippen molar-refractivity contribution in [3.05, 3.63) is 17.9 Å². The van der Waals surface area contributed by atoms with Gasteiger partial charge in [-0.1, -0.05) is 20.3 Å². The average molecular weight is 286 g/mol. The Morgan fingerprint density at radius 2 is 2.16 bits per heavy atom. The molecule has 1 fully saturated rings. The maximum atomic E-state index is 11.1. The molecule has 0 saturated heterocycles.